The topological polar surface area (TPSA) is 64.8 Å². The standard InChI is InChI=1S/C9H9N3O2S/c1-8-4-2-3-5-9(8)15(13,14)12-7-6-10-11-12/h2-7H,1H3. The molecule has 0 aliphatic carbocycles. The van der Waals surface area contributed by atoms with E-state index in [-0.39, 0.29) is 4.90 Å². The lowest BCUT2D eigenvalue weighted by Crippen LogP contribution is -2.14. The van der Waals surface area contributed by atoms with Crippen molar-refractivity contribution in [1.82, 2.24) is 14.4 Å². The molecular weight excluding hydrogens is 214 g/mol. The fraction of sp³-hybridized carbons (Fsp3) is 0.111. The van der Waals surface area contributed by atoms with Gasteiger partial charge in [0.25, 0.3) is 10.0 Å². The van der Waals surface area contributed by atoms with Gasteiger partial charge in [-0.15, -0.1) is 9.19 Å². The second-order valence-electron chi connectivity index (χ2n) is 3.05. The number of hydrogen-bond donors (Lipinski definition) is 0. The Balaban J connectivity index is 2.62. The number of aromatic nitrogens is 3. The summed E-state index contributed by atoms with van der Waals surface area (Å²) in [7, 11) is -3.58. The van der Waals surface area contributed by atoms with Crippen LogP contribution in [-0.4, -0.2) is 22.8 Å². The number of hydrogen-bond acceptors (Lipinski definition) is 4. The Morgan fingerprint density at radius 1 is 1.27 bits per heavy atom. The van der Waals surface area contributed by atoms with E-state index in [2.05, 4.69) is 10.3 Å². The van der Waals surface area contributed by atoms with Crippen molar-refractivity contribution >= 4 is 10.0 Å². The third-order valence-corrected chi connectivity index (χ3v) is 3.72. The molecule has 1 aromatic carbocycles. The van der Waals surface area contributed by atoms with Gasteiger partial charge in [0.2, 0.25) is 0 Å². The Morgan fingerprint density at radius 2 is 2.00 bits per heavy atom. The van der Waals surface area contributed by atoms with Crippen LogP contribution in [0.4, 0.5) is 0 Å². The van der Waals surface area contributed by atoms with Crippen molar-refractivity contribution in [3.05, 3.63) is 42.2 Å². The molecule has 0 aliphatic heterocycles. The van der Waals surface area contributed by atoms with E-state index in [0.717, 1.165) is 4.09 Å². The highest BCUT2D eigenvalue weighted by atomic mass is 32.2. The number of rotatable bonds is 2. The van der Waals surface area contributed by atoms with Gasteiger partial charge in [-0.3, -0.25) is 0 Å². The lowest BCUT2D eigenvalue weighted by Gasteiger charge is -2.05. The maximum Gasteiger partial charge on any atom is 0.284 e. The van der Waals surface area contributed by atoms with Crippen LogP contribution in [0.25, 0.3) is 0 Å². The summed E-state index contributed by atoms with van der Waals surface area (Å²) in [6, 6.07) is 6.75. The van der Waals surface area contributed by atoms with E-state index >= 15 is 0 Å². The zero-order valence-corrected chi connectivity index (χ0v) is 8.85. The second kappa shape index (κ2) is 3.47. The normalized spacial score (nSPS) is 11.5. The number of nitrogens with zero attached hydrogens (tertiary/aromatic N) is 3. The molecular formula is C9H9N3O2S. The minimum atomic E-state index is -3.58. The van der Waals surface area contributed by atoms with E-state index in [9.17, 15) is 8.42 Å². The van der Waals surface area contributed by atoms with Gasteiger partial charge in [-0.05, 0) is 18.6 Å². The first-order valence-electron chi connectivity index (χ1n) is 4.30. The van der Waals surface area contributed by atoms with Crippen LogP contribution < -0.4 is 0 Å². The van der Waals surface area contributed by atoms with Crippen LogP contribution in [0.2, 0.25) is 0 Å². The first-order valence-corrected chi connectivity index (χ1v) is 5.74. The SMILES string of the molecule is Cc1ccccc1S(=O)(=O)n1ccnn1. The Hall–Kier alpha value is -1.69. The van der Waals surface area contributed by atoms with Gasteiger partial charge in [0.1, 0.15) is 0 Å². The summed E-state index contributed by atoms with van der Waals surface area (Å²) in [5.74, 6) is 0. The molecule has 0 bridgehead atoms. The zero-order chi connectivity index (χ0) is 10.9. The lowest BCUT2D eigenvalue weighted by atomic mass is 10.2. The number of aryl methyl sites for hydroxylation is 1. The van der Waals surface area contributed by atoms with Gasteiger partial charge in [-0.1, -0.05) is 23.4 Å². The smallest absolute Gasteiger partial charge is 0.199 e. The van der Waals surface area contributed by atoms with Crippen molar-refractivity contribution in [3.63, 3.8) is 0 Å². The van der Waals surface area contributed by atoms with Gasteiger partial charge >= 0.3 is 0 Å². The monoisotopic (exact) mass is 223 g/mol. The Kier molecular flexibility index (Phi) is 2.28. The minimum absolute atomic E-state index is 0.246. The molecule has 0 unspecified atom stereocenters. The fourth-order valence-corrected chi connectivity index (χ4v) is 2.55. The van der Waals surface area contributed by atoms with Crippen molar-refractivity contribution in [2.24, 2.45) is 0 Å². The van der Waals surface area contributed by atoms with Crippen molar-refractivity contribution < 1.29 is 8.42 Å². The van der Waals surface area contributed by atoms with Crippen LogP contribution in [0.3, 0.4) is 0 Å². The predicted octanol–water partition coefficient (Wildman–Crippen LogP) is 0.824. The van der Waals surface area contributed by atoms with Crippen LogP contribution in [0.15, 0.2) is 41.6 Å². The van der Waals surface area contributed by atoms with Gasteiger partial charge in [0.15, 0.2) is 0 Å². The minimum Gasteiger partial charge on any atom is -0.199 e. The zero-order valence-electron chi connectivity index (χ0n) is 8.03. The molecule has 6 heteroatoms. The summed E-state index contributed by atoms with van der Waals surface area (Å²) in [5, 5.41) is 6.96. The Bertz CT molecular complexity index is 561. The molecule has 2 aromatic rings. The molecule has 1 heterocycles. The third kappa shape index (κ3) is 1.63. The Labute approximate surface area is 87.4 Å². The lowest BCUT2D eigenvalue weighted by molar-refractivity contribution is 0.576. The molecule has 0 amide bonds. The molecule has 15 heavy (non-hydrogen) atoms. The molecule has 0 radical (unpaired) electrons. The van der Waals surface area contributed by atoms with Crippen LogP contribution in [-0.2, 0) is 10.0 Å². The van der Waals surface area contributed by atoms with Crippen LogP contribution in [0.1, 0.15) is 5.56 Å². The second-order valence-corrected chi connectivity index (χ2v) is 4.81. The first kappa shape index (κ1) is 9.85. The first-order chi connectivity index (χ1) is 7.12. The maximum absolute atomic E-state index is 12.0. The largest absolute Gasteiger partial charge is 0.284 e. The molecule has 0 aliphatic rings. The summed E-state index contributed by atoms with van der Waals surface area (Å²) in [6.45, 7) is 1.74. The quantitative estimate of drug-likeness (QED) is 0.756. The summed E-state index contributed by atoms with van der Waals surface area (Å²) in [4.78, 5) is 0.246. The molecule has 0 N–H and O–H groups in total. The average Bonchev–Trinajstić information content (AvgIpc) is 2.71. The molecule has 5 nitrogen and oxygen atoms in total. The van der Waals surface area contributed by atoms with E-state index in [1.807, 2.05) is 0 Å². The summed E-state index contributed by atoms with van der Waals surface area (Å²) in [6.07, 6.45) is 2.64. The fourth-order valence-electron chi connectivity index (χ4n) is 1.27. The van der Waals surface area contributed by atoms with Crippen molar-refractivity contribution in [2.45, 2.75) is 11.8 Å². The molecule has 2 rings (SSSR count). The van der Waals surface area contributed by atoms with Crippen LogP contribution >= 0.6 is 0 Å². The highest BCUT2D eigenvalue weighted by Gasteiger charge is 2.18. The van der Waals surface area contributed by atoms with Gasteiger partial charge in [-0.2, -0.15) is 8.42 Å². The molecule has 0 fully saturated rings. The Morgan fingerprint density at radius 3 is 2.60 bits per heavy atom. The molecule has 0 spiro atoms. The van der Waals surface area contributed by atoms with Crippen molar-refractivity contribution in [3.8, 4) is 0 Å². The van der Waals surface area contributed by atoms with E-state index in [0.29, 0.717) is 5.56 Å². The van der Waals surface area contributed by atoms with E-state index in [1.54, 1.807) is 31.2 Å². The van der Waals surface area contributed by atoms with Gasteiger partial charge in [0.05, 0.1) is 17.3 Å². The summed E-state index contributed by atoms with van der Waals surface area (Å²) < 4.78 is 24.8. The van der Waals surface area contributed by atoms with Gasteiger partial charge < -0.3 is 0 Å². The van der Waals surface area contributed by atoms with Crippen molar-refractivity contribution in [2.75, 3.05) is 0 Å². The van der Waals surface area contributed by atoms with E-state index in [4.69, 9.17) is 0 Å². The summed E-state index contributed by atoms with van der Waals surface area (Å²) >= 11 is 0. The molecule has 1 aromatic heterocycles. The molecule has 0 atom stereocenters. The van der Waals surface area contributed by atoms with Crippen LogP contribution in [0, 0.1) is 6.92 Å². The predicted molar refractivity (Wildman–Crippen MR) is 53.8 cm³/mol. The van der Waals surface area contributed by atoms with Crippen LogP contribution in [0.5, 0.6) is 0 Å². The summed E-state index contributed by atoms with van der Waals surface area (Å²) in [5.41, 5.74) is 0.688. The van der Waals surface area contributed by atoms with E-state index < -0.39 is 10.0 Å². The maximum atomic E-state index is 12.0. The molecule has 0 saturated heterocycles. The molecule has 0 saturated carbocycles. The average molecular weight is 223 g/mol. The molecule has 78 valence electrons. The van der Waals surface area contributed by atoms with Gasteiger partial charge in [-0.25, -0.2) is 0 Å². The third-order valence-electron chi connectivity index (χ3n) is 2.02. The van der Waals surface area contributed by atoms with Gasteiger partial charge in [0, 0.05) is 0 Å². The highest BCUT2D eigenvalue weighted by molar-refractivity contribution is 7.89. The van der Waals surface area contributed by atoms with Crippen molar-refractivity contribution in [1.29, 1.82) is 0 Å². The van der Waals surface area contributed by atoms with E-state index in [1.165, 1.54) is 12.4 Å². The number of benzene rings is 1. The highest BCUT2D eigenvalue weighted by Crippen LogP contribution is 2.16.